The minimum absolute atomic E-state index is 0.271. The molecule has 1 aliphatic carbocycles. The molecule has 0 radical (unpaired) electrons. The second kappa shape index (κ2) is 8.16. The predicted octanol–water partition coefficient (Wildman–Crippen LogP) is 3.27. The summed E-state index contributed by atoms with van der Waals surface area (Å²) in [5.74, 6) is -0.334. The maximum Gasteiger partial charge on any atom is 0.246 e. The van der Waals surface area contributed by atoms with Gasteiger partial charge in [-0.2, -0.15) is 9.40 Å². The average Bonchev–Trinajstić information content (AvgIpc) is 3.04. The topological polar surface area (TPSA) is 58.4 Å². The van der Waals surface area contributed by atoms with E-state index in [0.717, 1.165) is 13.1 Å². The number of sulfonamides is 1. The standard InChI is InChI=1S/C21H29FN4O2S/c1-16-21(17(2)26(23-16)20-10-8-18(22)9-11-20)29(27,28)25-14-12-24(13-15-25)19-6-4-3-5-7-19/h8-11,19H,3-7,12-15H2,1-2H3. The van der Waals surface area contributed by atoms with Crippen molar-refractivity contribution in [3.8, 4) is 5.69 Å². The monoisotopic (exact) mass is 420 g/mol. The van der Waals surface area contributed by atoms with E-state index in [-0.39, 0.29) is 10.7 Å². The summed E-state index contributed by atoms with van der Waals surface area (Å²) in [4.78, 5) is 2.74. The third kappa shape index (κ3) is 3.98. The van der Waals surface area contributed by atoms with Gasteiger partial charge >= 0.3 is 0 Å². The molecule has 1 aromatic heterocycles. The van der Waals surface area contributed by atoms with Crippen LogP contribution in [0.3, 0.4) is 0 Å². The molecule has 2 aliphatic rings. The van der Waals surface area contributed by atoms with Crippen molar-refractivity contribution in [1.29, 1.82) is 0 Å². The highest BCUT2D eigenvalue weighted by Crippen LogP contribution is 2.28. The van der Waals surface area contributed by atoms with Gasteiger partial charge in [0.15, 0.2) is 0 Å². The van der Waals surface area contributed by atoms with E-state index >= 15 is 0 Å². The van der Waals surface area contributed by atoms with Crippen LogP contribution in [0.4, 0.5) is 4.39 Å². The van der Waals surface area contributed by atoms with E-state index in [2.05, 4.69) is 10.00 Å². The Morgan fingerprint density at radius 3 is 2.21 bits per heavy atom. The fourth-order valence-electron chi connectivity index (χ4n) is 4.72. The molecule has 1 aromatic carbocycles. The third-order valence-corrected chi connectivity index (χ3v) is 8.41. The Hall–Kier alpha value is -1.77. The SMILES string of the molecule is Cc1nn(-c2ccc(F)cc2)c(C)c1S(=O)(=O)N1CCN(C2CCCCC2)CC1. The molecule has 1 saturated carbocycles. The van der Waals surface area contributed by atoms with Crippen LogP contribution in [0.25, 0.3) is 5.69 Å². The number of aryl methyl sites for hydroxylation is 1. The van der Waals surface area contributed by atoms with Gasteiger partial charge in [0.2, 0.25) is 10.0 Å². The van der Waals surface area contributed by atoms with Gasteiger partial charge in [0.1, 0.15) is 10.7 Å². The van der Waals surface area contributed by atoms with Gasteiger partial charge in [0, 0.05) is 32.2 Å². The Labute approximate surface area is 172 Å². The lowest BCUT2D eigenvalue weighted by molar-refractivity contribution is 0.111. The van der Waals surface area contributed by atoms with Crippen LogP contribution in [-0.2, 0) is 10.0 Å². The fraction of sp³-hybridized carbons (Fsp3) is 0.571. The normalized spacial score (nSPS) is 20.2. The summed E-state index contributed by atoms with van der Waals surface area (Å²) in [7, 11) is -3.62. The Morgan fingerprint density at radius 2 is 1.59 bits per heavy atom. The zero-order chi connectivity index (χ0) is 20.6. The Kier molecular flexibility index (Phi) is 5.77. The highest BCUT2D eigenvalue weighted by molar-refractivity contribution is 7.89. The first-order chi connectivity index (χ1) is 13.9. The molecule has 0 N–H and O–H groups in total. The lowest BCUT2D eigenvalue weighted by atomic mass is 9.94. The lowest BCUT2D eigenvalue weighted by Gasteiger charge is -2.40. The quantitative estimate of drug-likeness (QED) is 0.762. The molecule has 2 heterocycles. The molecule has 0 spiro atoms. The van der Waals surface area contributed by atoms with Crippen molar-refractivity contribution in [1.82, 2.24) is 19.0 Å². The molecule has 6 nitrogen and oxygen atoms in total. The van der Waals surface area contributed by atoms with Crippen molar-refractivity contribution in [3.05, 3.63) is 41.5 Å². The van der Waals surface area contributed by atoms with E-state index in [4.69, 9.17) is 0 Å². The van der Waals surface area contributed by atoms with E-state index in [9.17, 15) is 12.8 Å². The molecule has 2 aromatic rings. The van der Waals surface area contributed by atoms with E-state index in [1.807, 2.05) is 0 Å². The lowest BCUT2D eigenvalue weighted by Crippen LogP contribution is -2.52. The third-order valence-electron chi connectivity index (χ3n) is 6.26. The van der Waals surface area contributed by atoms with Crippen molar-refractivity contribution in [2.75, 3.05) is 26.2 Å². The maximum absolute atomic E-state index is 13.4. The first-order valence-corrected chi connectivity index (χ1v) is 11.9. The van der Waals surface area contributed by atoms with Crippen LogP contribution in [-0.4, -0.2) is 59.6 Å². The fourth-order valence-corrected chi connectivity index (χ4v) is 6.50. The highest BCUT2D eigenvalue weighted by Gasteiger charge is 2.35. The van der Waals surface area contributed by atoms with Crippen LogP contribution in [0, 0.1) is 19.7 Å². The van der Waals surface area contributed by atoms with Crippen molar-refractivity contribution in [2.45, 2.75) is 56.9 Å². The number of piperazine rings is 1. The zero-order valence-corrected chi connectivity index (χ0v) is 18.0. The second-order valence-corrected chi connectivity index (χ2v) is 9.99. The van der Waals surface area contributed by atoms with E-state index < -0.39 is 10.0 Å². The Bertz CT molecular complexity index is 957. The molecular weight excluding hydrogens is 391 g/mol. The van der Waals surface area contributed by atoms with E-state index in [1.54, 1.807) is 35.0 Å². The van der Waals surface area contributed by atoms with E-state index in [1.165, 1.54) is 44.2 Å². The molecule has 29 heavy (non-hydrogen) atoms. The minimum atomic E-state index is -3.62. The number of benzene rings is 1. The largest absolute Gasteiger partial charge is 0.298 e. The molecule has 0 bridgehead atoms. The van der Waals surface area contributed by atoms with E-state index in [0.29, 0.717) is 36.2 Å². The zero-order valence-electron chi connectivity index (χ0n) is 17.1. The minimum Gasteiger partial charge on any atom is -0.298 e. The first kappa shape index (κ1) is 20.5. The summed E-state index contributed by atoms with van der Waals surface area (Å²) in [6.45, 7) is 6.08. The number of hydrogen-bond acceptors (Lipinski definition) is 4. The number of nitrogens with zero attached hydrogens (tertiary/aromatic N) is 4. The van der Waals surface area contributed by atoms with Crippen molar-refractivity contribution < 1.29 is 12.8 Å². The molecule has 4 rings (SSSR count). The van der Waals surface area contributed by atoms with Gasteiger partial charge in [-0.25, -0.2) is 17.5 Å². The van der Waals surface area contributed by atoms with Crippen LogP contribution < -0.4 is 0 Å². The summed E-state index contributed by atoms with van der Waals surface area (Å²) in [5.41, 5.74) is 1.68. The van der Waals surface area contributed by atoms with Crippen molar-refractivity contribution in [2.24, 2.45) is 0 Å². The first-order valence-electron chi connectivity index (χ1n) is 10.4. The molecule has 8 heteroatoms. The molecule has 0 atom stereocenters. The number of hydrogen-bond donors (Lipinski definition) is 0. The second-order valence-electron chi connectivity index (χ2n) is 8.12. The van der Waals surface area contributed by atoms with Crippen molar-refractivity contribution in [3.63, 3.8) is 0 Å². The number of aromatic nitrogens is 2. The molecule has 0 unspecified atom stereocenters. The molecule has 1 saturated heterocycles. The van der Waals surface area contributed by atoms with Gasteiger partial charge in [-0.3, -0.25) is 4.90 Å². The van der Waals surface area contributed by atoms with Gasteiger partial charge in [-0.15, -0.1) is 0 Å². The average molecular weight is 421 g/mol. The van der Waals surface area contributed by atoms with Crippen LogP contribution in [0.15, 0.2) is 29.2 Å². The molecular formula is C21H29FN4O2S. The van der Waals surface area contributed by atoms with Gasteiger partial charge in [0.25, 0.3) is 0 Å². The Morgan fingerprint density at radius 1 is 0.966 bits per heavy atom. The molecule has 2 fully saturated rings. The molecule has 158 valence electrons. The molecule has 0 amide bonds. The van der Waals surface area contributed by atoms with Crippen LogP contribution in [0.1, 0.15) is 43.5 Å². The molecule has 1 aliphatic heterocycles. The summed E-state index contributed by atoms with van der Waals surface area (Å²) in [6, 6.07) is 6.52. The maximum atomic E-state index is 13.4. The summed E-state index contributed by atoms with van der Waals surface area (Å²) in [5, 5.41) is 4.44. The Balaban J connectivity index is 1.54. The van der Waals surface area contributed by atoms with Gasteiger partial charge in [-0.1, -0.05) is 19.3 Å². The van der Waals surface area contributed by atoms with Crippen LogP contribution >= 0.6 is 0 Å². The van der Waals surface area contributed by atoms with Gasteiger partial charge < -0.3 is 0 Å². The van der Waals surface area contributed by atoms with Crippen molar-refractivity contribution >= 4 is 10.0 Å². The highest BCUT2D eigenvalue weighted by atomic mass is 32.2. The number of rotatable bonds is 4. The summed E-state index contributed by atoms with van der Waals surface area (Å²) < 4.78 is 43.2. The van der Waals surface area contributed by atoms with Gasteiger partial charge in [-0.05, 0) is 51.0 Å². The predicted molar refractivity (Wildman–Crippen MR) is 110 cm³/mol. The van der Waals surface area contributed by atoms with Crippen LogP contribution in [0.5, 0.6) is 0 Å². The summed E-state index contributed by atoms with van der Waals surface area (Å²) in [6.07, 6.45) is 6.35. The van der Waals surface area contributed by atoms with Gasteiger partial charge in [0.05, 0.1) is 17.1 Å². The van der Waals surface area contributed by atoms with Crippen LogP contribution in [0.2, 0.25) is 0 Å². The summed E-state index contributed by atoms with van der Waals surface area (Å²) >= 11 is 0. The number of halogens is 1. The smallest absolute Gasteiger partial charge is 0.246 e.